The molecule has 0 saturated heterocycles. The number of carbonyl (C=O) groups excluding carboxylic acids is 2. The van der Waals surface area contributed by atoms with Gasteiger partial charge in [-0.1, -0.05) is 23.7 Å². The number of nitrogens with two attached hydrogens (primary N) is 1. The molecule has 0 unspecified atom stereocenters. The second-order valence-electron chi connectivity index (χ2n) is 6.35. The van der Waals surface area contributed by atoms with Gasteiger partial charge in [-0.15, -0.1) is 10.2 Å². The summed E-state index contributed by atoms with van der Waals surface area (Å²) in [6, 6.07) is 8.26. The van der Waals surface area contributed by atoms with Gasteiger partial charge in [-0.3, -0.25) is 4.79 Å². The Morgan fingerprint density at radius 1 is 1.20 bits per heavy atom. The summed E-state index contributed by atoms with van der Waals surface area (Å²) in [5.41, 5.74) is 6.25. The highest BCUT2D eigenvalue weighted by molar-refractivity contribution is 6.29. The maximum atomic E-state index is 12.0. The van der Waals surface area contributed by atoms with Crippen LogP contribution in [0.4, 0.5) is 5.82 Å². The van der Waals surface area contributed by atoms with E-state index in [-0.39, 0.29) is 22.5 Å². The van der Waals surface area contributed by atoms with Gasteiger partial charge < -0.3 is 15.8 Å². The Morgan fingerprint density at radius 3 is 2.40 bits per heavy atom. The molecule has 0 atom stereocenters. The Hall–Kier alpha value is -2.67. The number of nitrogens with zero attached hydrogens (tertiary/aromatic N) is 2. The quantitative estimate of drug-likeness (QED) is 0.792. The zero-order valence-corrected chi connectivity index (χ0v) is 14.9. The summed E-state index contributed by atoms with van der Waals surface area (Å²) in [7, 11) is 0. The zero-order chi connectivity index (χ0) is 18.6. The molecular weight excluding hydrogens is 344 g/mol. The van der Waals surface area contributed by atoms with Crippen LogP contribution in [-0.4, -0.2) is 27.7 Å². The van der Waals surface area contributed by atoms with E-state index in [1.54, 1.807) is 24.3 Å². The van der Waals surface area contributed by atoms with E-state index >= 15 is 0 Å². The molecule has 3 N–H and O–H groups in total. The number of aromatic nitrogens is 2. The number of nitrogens with one attached hydrogen (secondary N) is 1. The Morgan fingerprint density at radius 2 is 1.84 bits per heavy atom. The molecule has 1 aromatic heterocycles. The van der Waals surface area contributed by atoms with Crippen molar-refractivity contribution in [2.45, 2.75) is 32.9 Å². The highest BCUT2D eigenvalue weighted by Gasteiger charge is 2.17. The van der Waals surface area contributed by atoms with Crippen molar-refractivity contribution in [1.29, 1.82) is 0 Å². The number of halogens is 1. The summed E-state index contributed by atoms with van der Waals surface area (Å²) in [6.07, 6.45) is 0. The number of amides is 1. The van der Waals surface area contributed by atoms with Crippen LogP contribution in [0.15, 0.2) is 30.3 Å². The van der Waals surface area contributed by atoms with Crippen LogP contribution in [-0.2, 0) is 11.3 Å². The molecule has 1 amide bonds. The van der Waals surface area contributed by atoms with E-state index in [1.807, 2.05) is 20.8 Å². The van der Waals surface area contributed by atoms with E-state index in [2.05, 4.69) is 15.5 Å². The number of hydrogen-bond donors (Lipinski definition) is 2. The Kier molecular flexibility index (Phi) is 5.58. The van der Waals surface area contributed by atoms with Gasteiger partial charge in [-0.2, -0.15) is 0 Å². The van der Waals surface area contributed by atoms with Crippen molar-refractivity contribution < 1.29 is 14.3 Å². The van der Waals surface area contributed by atoms with Crippen LogP contribution in [0.25, 0.3) is 0 Å². The van der Waals surface area contributed by atoms with Gasteiger partial charge in [-0.05, 0) is 44.5 Å². The summed E-state index contributed by atoms with van der Waals surface area (Å²) < 4.78 is 5.31. The largest absolute Gasteiger partial charge is 0.456 e. The fraction of sp³-hybridized carbons (Fsp3) is 0.294. The van der Waals surface area contributed by atoms with E-state index in [9.17, 15) is 9.59 Å². The molecule has 0 aliphatic heterocycles. The van der Waals surface area contributed by atoms with Crippen molar-refractivity contribution in [2.75, 3.05) is 5.32 Å². The van der Waals surface area contributed by atoms with Crippen LogP contribution in [0.1, 0.15) is 47.1 Å². The minimum atomic E-state index is -0.653. The highest BCUT2D eigenvalue weighted by Crippen LogP contribution is 2.17. The van der Waals surface area contributed by atoms with Crippen LogP contribution < -0.4 is 11.1 Å². The van der Waals surface area contributed by atoms with Crippen molar-refractivity contribution >= 4 is 29.3 Å². The third-order valence-corrected chi connectivity index (χ3v) is 3.26. The van der Waals surface area contributed by atoms with Crippen molar-refractivity contribution in [3.63, 3.8) is 0 Å². The van der Waals surface area contributed by atoms with Crippen LogP contribution in [0.5, 0.6) is 0 Å². The fourth-order valence-corrected chi connectivity index (χ4v) is 2.11. The third kappa shape index (κ3) is 5.42. The summed E-state index contributed by atoms with van der Waals surface area (Å²) in [5.74, 6) is -0.792. The molecule has 0 spiro atoms. The predicted octanol–water partition coefficient (Wildman–Crippen LogP) is 2.80. The second kappa shape index (κ2) is 7.48. The molecule has 0 aliphatic carbocycles. The molecule has 1 aromatic carbocycles. The van der Waals surface area contributed by atoms with Gasteiger partial charge in [-0.25, -0.2) is 4.79 Å². The van der Waals surface area contributed by atoms with Crippen LogP contribution in [0, 0.1) is 0 Å². The summed E-state index contributed by atoms with van der Waals surface area (Å²) >= 11 is 5.72. The van der Waals surface area contributed by atoms with Crippen LogP contribution in [0.2, 0.25) is 5.15 Å². The maximum Gasteiger partial charge on any atom is 0.338 e. The Bertz CT molecular complexity index is 785. The first-order chi connectivity index (χ1) is 11.7. The normalized spacial score (nSPS) is 11.0. The average Bonchev–Trinajstić information content (AvgIpc) is 2.52. The predicted molar refractivity (Wildman–Crippen MR) is 94.5 cm³/mol. The van der Waals surface area contributed by atoms with Gasteiger partial charge in [0.05, 0.1) is 11.1 Å². The molecule has 25 heavy (non-hydrogen) atoms. The fourth-order valence-electron chi connectivity index (χ4n) is 1.97. The number of rotatable bonds is 5. The van der Waals surface area contributed by atoms with Gasteiger partial charge in [0.25, 0.3) is 5.91 Å². The van der Waals surface area contributed by atoms with E-state index in [0.717, 1.165) is 5.56 Å². The van der Waals surface area contributed by atoms with Gasteiger partial charge >= 0.3 is 5.97 Å². The first-order valence-corrected chi connectivity index (χ1v) is 7.93. The lowest BCUT2D eigenvalue weighted by Crippen LogP contribution is -2.23. The molecule has 0 saturated carbocycles. The molecule has 8 heteroatoms. The summed E-state index contributed by atoms with van der Waals surface area (Å²) in [6.45, 7) is 5.80. The number of hydrogen-bond acceptors (Lipinski definition) is 6. The lowest BCUT2D eigenvalue weighted by Gasteiger charge is -2.19. The van der Waals surface area contributed by atoms with Crippen LogP contribution >= 0.6 is 11.6 Å². The number of primary amides is 1. The number of esters is 1. The lowest BCUT2D eigenvalue weighted by molar-refractivity contribution is 0.00694. The second-order valence-corrected chi connectivity index (χ2v) is 6.73. The van der Waals surface area contributed by atoms with Crippen molar-refractivity contribution in [2.24, 2.45) is 5.73 Å². The van der Waals surface area contributed by atoms with Crippen molar-refractivity contribution in [3.8, 4) is 0 Å². The molecule has 0 aliphatic rings. The minimum absolute atomic E-state index is 0.0843. The highest BCUT2D eigenvalue weighted by atomic mass is 35.5. The number of anilines is 1. The molecule has 2 rings (SSSR count). The van der Waals surface area contributed by atoms with E-state index < -0.39 is 11.5 Å². The molecule has 0 radical (unpaired) electrons. The third-order valence-electron chi connectivity index (χ3n) is 3.08. The van der Waals surface area contributed by atoms with Gasteiger partial charge in [0.2, 0.25) is 0 Å². The standard InChI is InChI=1S/C17H19ClN4O3/c1-17(2,3)25-16(24)11-6-4-10(5-7-11)9-20-15-12(14(19)23)8-13(18)21-22-15/h4-8H,9H2,1-3H3,(H2,19,23)(H,20,22). The molecule has 2 aromatic rings. The molecule has 1 heterocycles. The van der Waals surface area contributed by atoms with Crippen molar-refractivity contribution in [3.05, 3.63) is 52.2 Å². The van der Waals surface area contributed by atoms with E-state index in [0.29, 0.717) is 12.1 Å². The van der Waals surface area contributed by atoms with Crippen LogP contribution in [0.3, 0.4) is 0 Å². The molecule has 0 fully saturated rings. The van der Waals surface area contributed by atoms with Gasteiger partial charge in [0.15, 0.2) is 11.0 Å². The summed E-state index contributed by atoms with van der Waals surface area (Å²) in [5, 5.41) is 10.6. The maximum absolute atomic E-state index is 12.0. The summed E-state index contributed by atoms with van der Waals surface area (Å²) in [4.78, 5) is 23.4. The SMILES string of the molecule is CC(C)(C)OC(=O)c1ccc(CNc2nnc(Cl)cc2C(N)=O)cc1. The van der Waals surface area contributed by atoms with Gasteiger partial charge in [0, 0.05) is 6.54 Å². The van der Waals surface area contributed by atoms with Gasteiger partial charge in [0.1, 0.15) is 5.60 Å². The first kappa shape index (κ1) is 18.7. The average molecular weight is 363 g/mol. The van der Waals surface area contributed by atoms with Crippen molar-refractivity contribution in [1.82, 2.24) is 10.2 Å². The lowest BCUT2D eigenvalue weighted by atomic mass is 10.1. The topological polar surface area (TPSA) is 107 Å². The molecule has 7 nitrogen and oxygen atoms in total. The Balaban J connectivity index is 2.05. The molecular formula is C17H19ClN4O3. The number of carbonyl (C=O) groups is 2. The van der Waals surface area contributed by atoms with E-state index in [4.69, 9.17) is 22.1 Å². The zero-order valence-electron chi connectivity index (χ0n) is 14.2. The van der Waals surface area contributed by atoms with E-state index in [1.165, 1.54) is 6.07 Å². The monoisotopic (exact) mass is 362 g/mol. The molecule has 132 valence electrons. The molecule has 0 bridgehead atoms. The smallest absolute Gasteiger partial charge is 0.338 e. The Labute approximate surface area is 150 Å². The number of ether oxygens (including phenoxy) is 1. The number of benzene rings is 1. The first-order valence-electron chi connectivity index (χ1n) is 7.55. The minimum Gasteiger partial charge on any atom is -0.456 e.